The standard InChI is InChI=1S/C16H29N3S/c1-4-10-17-13(2)15-11-18-16(20-15)19(3)12-14-8-6-5-7-9-14/h11,13-14,17H,4-10,12H2,1-3H3. The highest BCUT2D eigenvalue weighted by Gasteiger charge is 2.18. The third kappa shape index (κ3) is 4.45. The number of thiazole rings is 1. The Bertz CT molecular complexity index is 385. The van der Waals surface area contributed by atoms with Gasteiger partial charge in [0.2, 0.25) is 0 Å². The first-order valence-corrected chi connectivity index (χ1v) is 8.92. The van der Waals surface area contributed by atoms with Gasteiger partial charge in [-0.25, -0.2) is 4.98 Å². The van der Waals surface area contributed by atoms with Crippen LogP contribution in [0.3, 0.4) is 0 Å². The number of anilines is 1. The van der Waals surface area contributed by atoms with Crippen molar-refractivity contribution in [3.05, 3.63) is 11.1 Å². The summed E-state index contributed by atoms with van der Waals surface area (Å²) in [5.74, 6) is 0.872. The van der Waals surface area contributed by atoms with E-state index in [-0.39, 0.29) is 0 Å². The molecule has 1 aliphatic carbocycles. The van der Waals surface area contributed by atoms with Gasteiger partial charge in [-0.15, -0.1) is 11.3 Å². The molecule has 0 aromatic carbocycles. The van der Waals surface area contributed by atoms with Gasteiger partial charge in [-0.2, -0.15) is 0 Å². The maximum atomic E-state index is 4.62. The van der Waals surface area contributed by atoms with Gasteiger partial charge in [-0.05, 0) is 38.6 Å². The van der Waals surface area contributed by atoms with Crippen molar-refractivity contribution in [3.8, 4) is 0 Å². The minimum atomic E-state index is 0.421. The predicted molar refractivity (Wildman–Crippen MR) is 88.7 cm³/mol. The van der Waals surface area contributed by atoms with E-state index >= 15 is 0 Å². The molecule has 0 amide bonds. The van der Waals surface area contributed by atoms with E-state index in [0.717, 1.165) is 12.5 Å². The van der Waals surface area contributed by atoms with Crippen LogP contribution in [0.15, 0.2) is 6.20 Å². The summed E-state index contributed by atoms with van der Waals surface area (Å²) in [6, 6.07) is 0.421. The summed E-state index contributed by atoms with van der Waals surface area (Å²) in [5, 5.41) is 4.71. The van der Waals surface area contributed by atoms with Crippen LogP contribution in [0.25, 0.3) is 0 Å². The minimum Gasteiger partial charge on any atom is -0.351 e. The average Bonchev–Trinajstić information content (AvgIpc) is 2.96. The summed E-state index contributed by atoms with van der Waals surface area (Å²) in [5.41, 5.74) is 0. The van der Waals surface area contributed by atoms with Crippen LogP contribution < -0.4 is 10.2 Å². The van der Waals surface area contributed by atoms with Gasteiger partial charge >= 0.3 is 0 Å². The largest absolute Gasteiger partial charge is 0.351 e. The zero-order valence-electron chi connectivity index (χ0n) is 13.2. The van der Waals surface area contributed by atoms with Crippen molar-refractivity contribution in [2.24, 2.45) is 5.92 Å². The normalized spacial score (nSPS) is 18.1. The summed E-state index contributed by atoms with van der Waals surface area (Å²) in [6.45, 7) is 6.68. The number of rotatable bonds is 7. The third-order valence-corrected chi connectivity index (χ3v) is 5.52. The second-order valence-corrected chi connectivity index (χ2v) is 7.15. The van der Waals surface area contributed by atoms with Gasteiger partial charge in [0.1, 0.15) is 0 Å². The molecule has 0 saturated heterocycles. The highest BCUT2D eigenvalue weighted by molar-refractivity contribution is 7.15. The van der Waals surface area contributed by atoms with Crippen molar-refractivity contribution in [3.63, 3.8) is 0 Å². The predicted octanol–water partition coefficient (Wildman–Crippen LogP) is 4.22. The number of hydrogen-bond acceptors (Lipinski definition) is 4. The SMILES string of the molecule is CCCNC(C)c1cnc(N(C)CC2CCCCC2)s1. The first kappa shape index (κ1) is 15.8. The van der Waals surface area contributed by atoms with Crippen molar-refractivity contribution in [2.75, 3.05) is 25.0 Å². The molecule has 1 N–H and O–H groups in total. The highest BCUT2D eigenvalue weighted by atomic mass is 32.1. The van der Waals surface area contributed by atoms with Crippen LogP contribution in [0.5, 0.6) is 0 Å². The Labute approximate surface area is 127 Å². The number of nitrogens with zero attached hydrogens (tertiary/aromatic N) is 2. The monoisotopic (exact) mass is 295 g/mol. The average molecular weight is 295 g/mol. The van der Waals surface area contributed by atoms with E-state index in [1.807, 2.05) is 17.5 Å². The quantitative estimate of drug-likeness (QED) is 0.816. The van der Waals surface area contributed by atoms with Gasteiger partial charge in [0.25, 0.3) is 0 Å². The summed E-state index contributed by atoms with van der Waals surface area (Å²) < 4.78 is 0. The zero-order valence-corrected chi connectivity index (χ0v) is 14.0. The van der Waals surface area contributed by atoms with E-state index in [0.29, 0.717) is 6.04 Å². The third-order valence-electron chi connectivity index (χ3n) is 4.22. The van der Waals surface area contributed by atoms with Crippen molar-refractivity contribution < 1.29 is 0 Å². The maximum Gasteiger partial charge on any atom is 0.185 e. The van der Waals surface area contributed by atoms with Crippen LogP contribution in [0.2, 0.25) is 0 Å². The fourth-order valence-electron chi connectivity index (χ4n) is 2.95. The summed E-state index contributed by atoms with van der Waals surface area (Å²) in [6.07, 6.45) is 10.3. The molecular formula is C16H29N3S. The summed E-state index contributed by atoms with van der Waals surface area (Å²) in [7, 11) is 2.20. The van der Waals surface area contributed by atoms with Crippen LogP contribution in [-0.4, -0.2) is 25.1 Å². The Kier molecular flexibility index (Phi) is 6.30. The molecule has 1 aromatic heterocycles. The van der Waals surface area contributed by atoms with E-state index in [1.165, 1.54) is 55.1 Å². The van der Waals surface area contributed by atoms with Gasteiger partial charge in [0, 0.05) is 30.7 Å². The smallest absolute Gasteiger partial charge is 0.185 e. The van der Waals surface area contributed by atoms with E-state index < -0.39 is 0 Å². The van der Waals surface area contributed by atoms with Gasteiger partial charge in [0.15, 0.2) is 5.13 Å². The molecule has 0 spiro atoms. The van der Waals surface area contributed by atoms with Crippen LogP contribution >= 0.6 is 11.3 Å². The number of aromatic nitrogens is 1. The lowest BCUT2D eigenvalue weighted by Crippen LogP contribution is -2.26. The van der Waals surface area contributed by atoms with E-state index in [4.69, 9.17) is 0 Å². The Morgan fingerprint density at radius 1 is 1.40 bits per heavy atom. The number of nitrogens with one attached hydrogen (secondary N) is 1. The van der Waals surface area contributed by atoms with Crippen molar-refractivity contribution in [1.82, 2.24) is 10.3 Å². The fourth-order valence-corrected chi connectivity index (χ4v) is 3.86. The molecule has 1 aliphatic rings. The first-order chi connectivity index (χ1) is 9.70. The van der Waals surface area contributed by atoms with E-state index in [1.54, 1.807) is 0 Å². The topological polar surface area (TPSA) is 28.2 Å². The Hall–Kier alpha value is -0.610. The van der Waals surface area contributed by atoms with Crippen LogP contribution in [0, 0.1) is 5.92 Å². The second-order valence-electron chi connectivity index (χ2n) is 6.11. The van der Waals surface area contributed by atoms with Crippen molar-refractivity contribution in [1.29, 1.82) is 0 Å². The van der Waals surface area contributed by atoms with Gasteiger partial charge in [-0.1, -0.05) is 26.2 Å². The van der Waals surface area contributed by atoms with Crippen LogP contribution in [0.4, 0.5) is 5.13 Å². The molecule has 0 bridgehead atoms. The van der Waals surface area contributed by atoms with Gasteiger partial charge < -0.3 is 10.2 Å². The molecule has 20 heavy (non-hydrogen) atoms. The molecule has 1 aromatic rings. The first-order valence-electron chi connectivity index (χ1n) is 8.11. The maximum absolute atomic E-state index is 4.62. The second kappa shape index (κ2) is 7.99. The summed E-state index contributed by atoms with van der Waals surface area (Å²) in [4.78, 5) is 8.32. The molecule has 1 atom stereocenters. The van der Waals surface area contributed by atoms with Crippen LogP contribution in [0.1, 0.15) is 63.3 Å². The lowest BCUT2D eigenvalue weighted by Gasteiger charge is -2.26. The number of hydrogen-bond donors (Lipinski definition) is 1. The molecular weight excluding hydrogens is 266 g/mol. The molecule has 2 rings (SSSR count). The molecule has 4 heteroatoms. The molecule has 1 unspecified atom stereocenters. The molecule has 0 aliphatic heterocycles. The van der Waals surface area contributed by atoms with Crippen molar-refractivity contribution >= 4 is 16.5 Å². The molecule has 1 saturated carbocycles. The molecule has 114 valence electrons. The van der Waals surface area contributed by atoms with E-state index in [9.17, 15) is 0 Å². The van der Waals surface area contributed by atoms with E-state index in [2.05, 4.69) is 36.1 Å². The van der Waals surface area contributed by atoms with Gasteiger partial charge in [0.05, 0.1) is 0 Å². The Morgan fingerprint density at radius 3 is 2.85 bits per heavy atom. The fraction of sp³-hybridized carbons (Fsp3) is 0.812. The lowest BCUT2D eigenvalue weighted by molar-refractivity contribution is 0.362. The summed E-state index contributed by atoms with van der Waals surface area (Å²) >= 11 is 1.84. The highest BCUT2D eigenvalue weighted by Crippen LogP contribution is 2.29. The Morgan fingerprint density at radius 2 is 2.15 bits per heavy atom. The Balaban J connectivity index is 1.86. The lowest BCUT2D eigenvalue weighted by atomic mass is 9.89. The molecule has 1 fully saturated rings. The molecule has 3 nitrogen and oxygen atoms in total. The zero-order chi connectivity index (χ0) is 14.4. The molecule has 1 heterocycles. The van der Waals surface area contributed by atoms with Crippen molar-refractivity contribution in [2.45, 2.75) is 58.4 Å². The molecule has 0 radical (unpaired) electrons. The minimum absolute atomic E-state index is 0.421. The van der Waals surface area contributed by atoms with Crippen LogP contribution in [-0.2, 0) is 0 Å². The van der Waals surface area contributed by atoms with Gasteiger partial charge in [-0.3, -0.25) is 0 Å².